The van der Waals surface area contributed by atoms with Crippen LogP contribution in [-0.2, 0) is 0 Å². The maximum atomic E-state index is 6.18. The molecule has 106 valence electrons. The van der Waals surface area contributed by atoms with Crippen molar-refractivity contribution in [3.05, 3.63) is 28.8 Å². The van der Waals surface area contributed by atoms with E-state index in [1.54, 1.807) is 0 Å². The van der Waals surface area contributed by atoms with E-state index in [-0.39, 0.29) is 5.60 Å². The third-order valence-corrected chi connectivity index (χ3v) is 3.84. The van der Waals surface area contributed by atoms with Crippen LogP contribution < -0.4 is 10.1 Å². The first-order valence-electron chi connectivity index (χ1n) is 7.46. The first kappa shape index (κ1) is 14.4. The van der Waals surface area contributed by atoms with Crippen molar-refractivity contribution in [3.8, 4) is 5.75 Å². The quantitative estimate of drug-likeness (QED) is 0.816. The maximum absolute atomic E-state index is 6.18. The van der Waals surface area contributed by atoms with Crippen LogP contribution in [0, 0.1) is 13.8 Å². The number of fused-ring (bicyclic) bond motifs is 1. The number of ether oxygens (including phenoxy) is 1. The van der Waals surface area contributed by atoms with Gasteiger partial charge in [0, 0.05) is 18.0 Å². The molecule has 0 amide bonds. The number of nitrogens with one attached hydrogen (secondary N) is 1. The smallest absolute Gasteiger partial charge is 0.125 e. The number of benzene rings is 1. The van der Waals surface area contributed by atoms with Gasteiger partial charge in [-0.2, -0.15) is 0 Å². The Bertz CT molecular complexity index is 451. The van der Waals surface area contributed by atoms with Crippen molar-refractivity contribution < 1.29 is 4.74 Å². The molecule has 2 heteroatoms. The van der Waals surface area contributed by atoms with E-state index in [2.05, 4.69) is 52.1 Å². The summed E-state index contributed by atoms with van der Waals surface area (Å²) in [6.45, 7) is 12.0. The second-order valence-corrected chi connectivity index (χ2v) is 6.42. The minimum Gasteiger partial charge on any atom is -0.487 e. The molecule has 0 aliphatic carbocycles. The zero-order valence-corrected chi connectivity index (χ0v) is 13.0. The fourth-order valence-corrected chi connectivity index (χ4v) is 3.03. The Labute approximate surface area is 117 Å². The largest absolute Gasteiger partial charge is 0.487 e. The number of aryl methyl sites for hydroxylation is 2. The molecular formula is C17H27NO. The number of rotatable bonds is 4. The standard InChI is InChI=1S/C17H27NO/c1-6-7-8-18-14-11-17(4,5)19-15-10-12(2)9-13(3)16(14)15/h9-10,14,18H,6-8,11H2,1-5H3. The van der Waals surface area contributed by atoms with Crippen LogP contribution in [0.3, 0.4) is 0 Å². The highest BCUT2D eigenvalue weighted by Gasteiger charge is 2.34. The average Bonchev–Trinajstić information content (AvgIpc) is 2.26. The summed E-state index contributed by atoms with van der Waals surface area (Å²) in [5, 5.41) is 3.71. The van der Waals surface area contributed by atoms with E-state index in [9.17, 15) is 0 Å². The minimum atomic E-state index is -0.0862. The predicted octanol–water partition coefficient (Wildman–Crippen LogP) is 4.30. The summed E-state index contributed by atoms with van der Waals surface area (Å²) < 4.78 is 6.18. The number of unbranched alkanes of at least 4 members (excludes halogenated alkanes) is 1. The molecule has 0 radical (unpaired) electrons. The van der Waals surface area contributed by atoms with E-state index < -0.39 is 0 Å². The van der Waals surface area contributed by atoms with Crippen LogP contribution in [0.25, 0.3) is 0 Å². The normalized spacial score (nSPS) is 20.8. The van der Waals surface area contributed by atoms with Crippen molar-refractivity contribution in [2.24, 2.45) is 0 Å². The fourth-order valence-electron chi connectivity index (χ4n) is 3.03. The lowest BCUT2D eigenvalue weighted by Gasteiger charge is -2.39. The molecule has 0 saturated heterocycles. The topological polar surface area (TPSA) is 21.3 Å². The highest BCUT2D eigenvalue weighted by atomic mass is 16.5. The van der Waals surface area contributed by atoms with Gasteiger partial charge in [-0.1, -0.05) is 19.4 Å². The van der Waals surface area contributed by atoms with Gasteiger partial charge in [-0.3, -0.25) is 0 Å². The zero-order chi connectivity index (χ0) is 14.0. The lowest BCUT2D eigenvalue weighted by Crippen LogP contribution is -2.40. The molecule has 0 fully saturated rings. The second-order valence-electron chi connectivity index (χ2n) is 6.42. The van der Waals surface area contributed by atoms with Crippen molar-refractivity contribution in [2.75, 3.05) is 6.54 Å². The Morgan fingerprint density at radius 3 is 2.74 bits per heavy atom. The summed E-state index contributed by atoms with van der Waals surface area (Å²) in [7, 11) is 0. The summed E-state index contributed by atoms with van der Waals surface area (Å²) in [4.78, 5) is 0. The summed E-state index contributed by atoms with van der Waals surface area (Å²) in [5.41, 5.74) is 3.90. The Hall–Kier alpha value is -1.02. The van der Waals surface area contributed by atoms with Gasteiger partial charge in [-0.25, -0.2) is 0 Å². The Morgan fingerprint density at radius 2 is 2.05 bits per heavy atom. The molecule has 1 unspecified atom stereocenters. The summed E-state index contributed by atoms with van der Waals surface area (Å²) in [5.74, 6) is 1.07. The molecule has 1 aliphatic rings. The van der Waals surface area contributed by atoms with Gasteiger partial charge in [0.25, 0.3) is 0 Å². The van der Waals surface area contributed by atoms with Gasteiger partial charge in [0.15, 0.2) is 0 Å². The van der Waals surface area contributed by atoms with Gasteiger partial charge >= 0.3 is 0 Å². The molecule has 2 nitrogen and oxygen atoms in total. The fraction of sp³-hybridized carbons (Fsp3) is 0.647. The van der Waals surface area contributed by atoms with Crippen molar-refractivity contribution in [1.82, 2.24) is 5.32 Å². The molecule has 19 heavy (non-hydrogen) atoms. The zero-order valence-electron chi connectivity index (χ0n) is 13.0. The van der Waals surface area contributed by atoms with E-state index in [1.165, 1.54) is 29.5 Å². The van der Waals surface area contributed by atoms with Gasteiger partial charge in [0.2, 0.25) is 0 Å². The lowest BCUT2D eigenvalue weighted by atomic mass is 9.86. The molecule has 0 saturated carbocycles. The van der Waals surface area contributed by atoms with Crippen LogP contribution in [0.4, 0.5) is 0 Å². The minimum absolute atomic E-state index is 0.0862. The van der Waals surface area contributed by atoms with Gasteiger partial charge in [-0.15, -0.1) is 0 Å². The van der Waals surface area contributed by atoms with E-state index in [0.29, 0.717) is 6.04 Å². The molecule has 1 aromatic rings. The van der Waals surface area contributed by atoms with E-state index in [1.807, 2.05) is 0 Å². The molecule has 1 aromatic carbocycles. The SMILES string of the molecule is CCCCNC1CC(C)(C)Oc2cc(C)cc(C)c21. The van der Waals surface area contributed by atoms with Crippen LogP contribution in [-0.4, -0.2) is 12.1 Å². The number of hydrogen-bond acceptors (Lipinski definition) is 2. The van der Waals surface area contributed by atoms with Gasteiger partial charge < -0.3 is 10.1 Å². The highest BCUT2D eigenvalue weighted by Crippen LogP contribution is 2.41. The monoisotopic (exact) mass is 261 g/mol. The van der Waals surface area contributed by atoms with Crippen LogP contribution in [0.5, 0.6) is 5.75 Å². The lowest BCUT2D eigenvalue weighted by molar-refractivity contribution is 0.0657. The van der Waals surface area contributed by atoms with Crippen LogP contribution >= 0.6 is 0 Å². The second kappa shape index (κ2) is 5.54. The summed E-state index contributed by atoms with van der Waals surface area (Å²) in [6, 6.07) is 4.86. The van der Waals surface area contributed by atoms with Crippen molar-refractivity contribution in [2.45, 2.75) is 65.5 Å². The van der Waals surface area contributed by atoms with Crippen molar-refractivity contribution in [1.29, 1.82) is 0 Å². The molecule has 0 spiro atoms. The van der Waals surface area contributed by atoms with Crippen LogP contribution in [0.1, 0.15) is 62.8 Å². The van der Waals surface area contributed by atoms with Gasteiger partial charge in [-0.05, 0) is 57.9 Å². The number of hydrogen-bond donors (Lipinski definition) is 1. The predicted molar refractivity (Wildman–Crippen MR) is 80.9 cm³/mol. The van der Waals surface area contributed by atoms with Crippen LogP contribution in [0.15, 0.2) is 12.1 Å². The first-order chi connectivity index (χ1) is 8.93. The third kappa shape index (κ3) is 3.30. The molecule has 0 aromatic heterocycles. The molecule has 1 aliphatic heterocycles. The summed E-state index contributed by atoms with van der Waals surface area (Å²) >= 11 is 0. The molecular weight excluding hydrogens is 234 g/mol. The van der Waals surface area contributed by atoms with Crippen LogP contribution in [0.2, 0.25) is 0 Å². The van der Waals surface area contributed by atoms with E-state index in [0.717, 1.165) is 18.7 Å². The van der Waals surface area contributed by atoms with Crippen molar-refractivity contribution in [3.63, 3.8) is 0 Å². The molecule has 0 bridgehead atoms. The molecule has 1 N–H and O–H groups in total. The van der Waals surface area contributed by atoms with Crippen molar-refractivity contribution >= 4 is 0 Å². The summed E-state index contributed by atoms with van der Waals surface area (Å²) in [6.07, 6.45) is 3.50. The first-order valence-corrected chi connectivity index (χ1v) is 7.46. The maximum Gasteiger partial charge on any atom is 0.125 e. The molecule has 2 rings (SSSR count). The molecule has 1 heterocycles. The molecule has 1 atom stereocenters. The van der Waals surface area contributed by atoms with Gasteiger partial charge in [0.1, 0.15) is 11.4 Å². The third-order valence-electron chi connectivity index (χ3n) is 3.84. The Kier molecular flexibility index (Phi) is 4.19. The highest BCUT2D eigenvalue weighted by molar-refractivity contribution is 5.47. The average molecular weight is 261 g/mol. The Morgan fingerprint density at radius 1 is 1.32 bits per heavy atom. The van der Waals surface area contributed by atoms with E-state index >= 15 is 0 Å². The van der Waals surface area contributed by atoms with E-state index in [4.69, 9.17) is 4.74 Å². The van der Waals surface area contributed by atoms with Gasteiger partial charge in [0.05, 0.1) is 0 Å². The Balaban J connectivity index is 2.30.